The number of carboxylic acids is 4. The Bertz CT molecular complexity index is 5470. The number of aliphatic carboxylic acids is 4. The number of esters is 1. The van der Waals surface area contributed by atoms with E-state index < -0.39 is 240 Å². The Morgan fingerprint density at radius 2 is 0.850 bits per heavy atom. The number of halogens is 2. The van der Waals surface area contributed by atoms with Gasteiger partial charge in [-0.2, -0.15) is 0 Å². The lowest BCUT2D eigenvalue weighted by atomic mass is 9.84. The van der Waals surface area contributed by atoms with E-state index in [4.69, 9.17) is 9.47 Å². The van der Waals surface area contributed by atoms with Gasteiger partial charge in [-0.05, 0) is 109 Å². The summed E-state index contributed by atoms with van der Waals surface area (Å²) in [5.41, 5.74) is 6.99. The molecule has 0 saturated heterocycles. The van der Waals surface area contributed by atoms with Gasteiger partial charge < -0.3 is 61.0 Å². The molecule has 127 heavy (non-hydrogen) atoms. The predicted molar refractivity (Wildman–Crippen MR) is 458 cm³/mol. The molecule has 0 bridgehead atoms. The summed E-state index contributed by atoms with van der Waals surface area (Å²) in [5.74, 6) is -23.9. The number of aryl methyl sites for hydroxylation is 2. The number of thiazole rings is 1. The van der Waals surface area contributed by atoms with Crippen LogP contribution in [-0.2, 0) is 91.3 Å². The van der Waals surface area contributed by atoms with Gasteiger partial charge in [0.05, 0.1) is 59.2 Å². The molecule has 3 aromatic heterocycles. The van der Waals surface area contributed by atoms with Crippen LogP contribution < -0.4 is 26.0 Å². The highest BCUT2D eigenvalue weighted by Crippen LogP contribution is 2.38. The number of hydrogen-bond donors (Lipinski definition) is 8. The zero-order chi connectivity index (χ0) is 92.9. The molecular weight excluding hydrogens is 1670 g/mol. The zero-order valence-electron chi connectivity index (χ0n) is 71.8. The summed E-state index contributed by atoms with van der Waals surface area (Å²) in [6.45, 7) is 16.0. The van der Waals surface area contributed by atoms with E-state index in [0.29, 0.717) is 39.0 Å². The second-order valence-electron chi connectivity index (χ2n) is 33.1. The summed E-state index contributed by atoms with van der Waals surface area (Å²) in [6.07, 6.45) is -2.89. The van der Waals surface area contributed by atoms with Crippen molar-refractivity contribution in [2.45, 2.75) is 176 Å². The third-order valence-corrected chi connectivity index (χ3v) is 23.2. The lowest BCUT2D eigenvalue weighted by molar-refractivity contribution is -0.154. The van der Waals surface area contributed by atoms with Crippen LogP contribution in [0.3, 0.4) is 0 Å². The molecule has 31 nitrogen and oxygen atoms in total. The highest BCUT2D eigenvalue weighted by molar-refractivity contribution is 7.09. The molecule has 0 aliphatic carbocycles. The molecule has 2 aliphatic rings. The Morgan fingerprint density at radius 1 is 0.457 bits per heavy atom. The second kappa shape index (κ2) is 44.6. The highest BCUT2D eigenvalue weighted by Gasteiger charge is 2.46. The molecule has 34 heteroatoms. The number of fused-ring (bicyclic) bond motifs is 4. The Labute approximate surface area is 734 Å². The normalized spacial score (nSPS) is 15.4. The third-order valence-electron chi connectivity index (χ3n) is 22.4. The highest BCUT2D eigenvalue weighted by atomic mass is 32.1. The zero-order valence-corrected chi connectivity index (χ0v) is 72.6. The molecule has 5 heterocycles. The van der Waals surface area contributed by atoms with Crippen LogP contribution in [0.2, 0.25) is 0 Å². The lowest BCUT2D eigenvalue weighted by Gasteiger charge is -2.39. The Balaban J connectivity index is 0.000000287. The van der Waals surface area contributed by atoms with Crippen LogP contribution in [0.4, 0.5) is 8.78 Å². The predicted octanol–water partition coefficient (Wildman–Crippen LogP) is 10.5. The van der Waals surface area contributed by atoms with Crippen molar-refractivity contribution in [3.8, 4) is 5.75 Å². The topological polar surface area (TPSA) is 466 Å². The fraction of sp³-hybridized carbons (Fsp3) is 0.409. The average Bonchev–Trinajstić information content (AvgIpc) is 0.806. The molecule has 0 radical (unpaired) electrons. The van der Waals surface area contributed by atoms with E-state index in [9.17, 15) is 106 Å². The first-order valence-electron chi connectivity index (χ1n) is 41.5. The van der Waals surface area contributed by atoms with Crippen LogP contribution in [0.5, 0.6) is 5.75 Å². The summed E-state index contributed by atoms with van der Waals surface area (Å²) in [4.78, 5) is 231. The van der Waals surface area contributed by atoms with E-state index in [1.54, 1.807) is 128 Å². The van der Waals surface area contributed by atoms with Crippen molar-refractivity contribution in [1.82, 2.24) is 46.0 Å². The molecule has 0 fully saturated rings. The number of Topliss-reactive ketones (excluding diaryl/α,β-unsaturated/α-hetero) is 5. The summed E-state index contributed by atoms with van der Waals surface area (Å²) in [6, 6.07) is 25.0. The van der Waals surface area contributed by atoms with E-state index in [2.05, 4.69) is 36.2 Å². The number of amides is 6. The molecule has 8 aromatic rings. The van der Waals surface area contributed by atoms with Crippen LogP contribution >= 0.6 is 11.3 Å². The number of rotatable bonds is 41. The van der Waals surface area contributed by atoms with Crippen molar-refractivity contribution in [2.75, 3.05) is 19.7 Å². The fourth-order valence-corrected chi connectivity index (χ4v) is 15.8. The number of carboxylic acid groups (broad SMARTS) is 4. The van der Waals surface area contributed by atoms with Gasteiger partial charge in [-0.3, -0.25) is 76.9 Å². The number of aromatic nitrogens is 3. The maximum atomic E-state index is 14.7. The number of benzene rings is 5. The Hall–Kier alpha value is -13.3. The largest absolute Gasteiger partial charge is 0.481 e. The smallest absolute Gasteiger partial charge is 0.329 e. The minimum Gasteiger partial charge on any atom is -0.481 e. The monoisotopic (exact) mass is 1770 g/mol. The van der Waals surface area contributed by atoms with Crippen molar-refractivity contribution in [1.29, 1.82) is 0 Å². The number of carbonyl (C=O) groups is 16. The number of hydrogen-bond acceptors (Lipinski definition) is 22. The number of ether oxygens (including phenoxy) is 2. The molecule has 10 atom stereocenters. The van der Waals surface area contributed by atoms with E-state index in [-0.39, 0.29) is 50.3 Å². The first-order valence-corrected chi connectivity index (χ1v) is 42.4. The van der Waals surface area contributed by atoms with Gasteiger partial charge in [-0.25, -0.2) is 23.5 Å². The van der Waals surface area contributed by atoms with Crippen molar-refractivity contribution in [3.63, 3.8) is 0 Å². The molecule has 10 rings (SSSR count). The number of nitrogens with zero attached hydrogens (tertiary/aromatic N) is 5. The summed E-state index contributed by atoms with van der Waals surface area (Å²) in [5, 5.41) is 50.6. The van der Waals surface area contributed by atoms with Crippen molar-refractivity contribution in [2.24, 2.45) is 47.3 Å². The van der Waals surface area contributed by atoms with Crippen molar-refractivity contribution < 1.29 is 115 Å². The number of para-hydroxylation sites is 3. The molecule has 8 N–H and O–H groups in total. The van der Waals surface area contributed by atoms with E-state index in [1.807, 2.05) is 50.2 Å². The van der Waals surface area contributed by atoms with Crippen LogP contribution in [0, 0.1) is 72.8 Å². The summed E-state index contributed by atoms with van der Waals surface area (Å²) in [7, 11) is 0. The van der Waals surface area contributed by atoms with Gasteiger partial charge in [0.15, 0.2) is 46.3 Å². The first-order chi connectivity index (χ1) is 60.2. The third kappa shape index (κ3) is 26.2. The van der Waals surface area contributed by atoms with Crippen LogP contribution in [0.1, 0.15) is 178 Å². The molecule has 0 unspecified atom stereocenters. The van der Waals surface area contributed by atoms with Gasteiger partial charge in [0, 0.05) is 79.4 Å². The van der Waals surface area contributed by atoms with Crippen LogP contribution in [0.25, 0.3) is 21.8 Å². The quantitative estimate of drug-likeness (QED) is 0.0130. The fourth-order valence-electron chi connectivity index (χ4n) is 15.3. The maximum Gasteiger partial charge on any atom is 0.329 e. The number of nitrogens with one attached hydrogen (secondary N) is 4. The summed E-state index contributed by atoms with van der Waals surface area (Å²) >= 11 is 1.22. The summed E-state index contributed by atoms with van der Waals surface area (Å²) < 4.78 is 38.9. The Morgan fingerprint density at radius 3 is 1.24 bits per heavy atom. The van der Waals surface area contributed by atoms with E-state index in [1.165, 1.54) is 32.8 Å². The SMILES string of the molecule is Cc1ccc2c(c1)CCN(C(=O)[C@@H](CC(=O)[C@H](CC(=O)O)NC(=O)[C@@H](CC(=O)c1ccc3ccccc3n1)C(C)C)C(C)C)[C@@H]2C(=O)N[C@@H](CC(=O)O)C(=O)COc1c(F)cccc1F.Cc1ccc2c(c1)CCN(C(=O)[C@@H](CC(=O)[C@H](CC(=O)O)NC(=O)[C@@H](CC(=O)c1ccc3ccccc3n1)C(C)C)C(C)C)[C@@H]2C(=O)N[C@@H](CC(=O)O)C(=O)OCc1cncs1. The first kappa shape index (κ1) is 97.5. The number of pyridine rings is 2. The maximum absolute atomic E-state index is 14.7. The van der Waals surface area contributed by atoms with E-state index in [0.717, 1.165) is 45.7 Å². The van der Waals surface area contributed by atoms with Gasteiger partial charge in [0.1, 0.15) is 48.8 Å². The second-order valence-corrected chi connectivity index (χ2v) is 34.0. The molecular formula is C93H103F2N9O22S. The van der Waals surface area contributed by atoms with Crippen LogP contribution in [-0.4, -0.2) is 183 Å². The molecule has 5 aromatic carbocycles. The standard InChI is InChI=1S/C48H52F2N4O11.C45H51N5O11S/c1-25(2)31(20-39(55)36-16-14-28-9-6-7-12-35(28)51-36)46(62)52-37(22-42(58)59)40(56)21-32(26(3)4)48(64)54-18-17-29-19-27(5)13-15-30(29)44(54)47(63)53-38(23-43(60)61)41(57)24-65-45-33(49)10-8-11-34(45)50;1-24(2)31(17-37(51)34-13-11-27-8-6-7-9-33(27)47-34)42(57)48-35(19-39(53)54)38(52)18-32(25(3)4)44(59)50-15-14-28-16-26(5)10-12-30(28)41(50)43(58)49-36(20-40(55)56)45(60)61-22-29-21-46-23-62-29/h6-16,19,25-26,31-32,37-38,44H,17-18,20-24H2,1-5H3,(H,52,62)(H,53,63)(H,58,59)(H,60,61);6-13,16,21,23-25,31-32,35-36,41H,14-15,17-20,22H2,1-5H3,(H,48,57)(H,49,58)(H,53,54)(H,55,56)/t31-,32-,37-,38-,44-;31-,32-,35-,36-,41-/m00/s1. The van der Waals surface area contributed by atoms with Crippen LogP contribution in [0.15, 0.2) is 139 Å². The average molecular weight is 1770 g/mol. The van der Waals surface area contributed by atoms with Gasteiger partial charge in [0.2, 0.25) is 35.4 Å². The number of ketones is 5. The van der Waals surface area contributed by atoms with Gasteiger partial charge in [-0.15, -0.1) is 11.3 Å². The molecule has 2 aliphatic heterocycles. The minimum absolute atomic E-state index is 0.0235. The van der Waals surface area contributed by atoms with Gasteiger partial charge >= 0.3 is 29.8 Å². The molecule has 0 spiro atoms. The lowest BCUT2D eigenvalue weighted by Crippen LogP contribution is -2.54. The Kier molecular flexibility index (Phi) is 34.2. The molecule has 672 valence electrons. The number of carbonyl (C=O) groups excluding carboxylic acids is 12. The van der Waals surface area contributed by atoms with Crippen molar-refractivity contribution >= 4 is 127 Å². The molecule has 0 saturated carbocycles. The van der Waals surface area contributed by atoms with Gasteiger partial charge in [0.25, 0.3) is 0 Å². The minimum atomic E-state index is -1.76. The molecule has 6 amide bonds. The van der Waals surface area contributed by atoms with E-state index >= 15 is 0 Å². The van der Waals surface area contributed by atoms with Crippen molar-refractivity contribution in [3.05, 3.63) is 200 Å². The van der Waals surface area contributed by atoms with Gasteiger partial charge in [-0.1, -0.05) is 158 Å².